The molecule has 1 aromatic rings. The van der Waals surface area contributed by atoms with Gasteiger partial charge in [0.2, 0.25) is 0 Å². The molecular formula is C8H6BrNO2. The topological polar surface area (TPSA) is 43.1 Å². The molecule has 0 atom stereocenters. The molecule has 0 aliphatic rings. The average molecular weight is 228 g/mol. The first-order chi connectivity index (χ1) is 5.66. The number of nitrogens with zero attached hydrogens (tertiary/aromatic N) is 1. The van der Waals surface area contributed by atoms with Crippen molar-refractivity contribution in [2.24, 2.45) is 0 Å². The molecule has 1 rings (SSSR count). The Morgan fingerprint density at radius 2 is 2.25 bits per heavy atom. The van der Waals surface area contributed by atoms with Gasteiger partial charge in [-0.2, -0.15) is 0 Å². The molecule has 0 unspecified atom stereocenters. The van der Waals surface area contributed by atoms with Gasteiger partial charge in [0.15, 0.2) is 0 Å². The van der Waals surface area contributed by atoms with Gasteiger partial charge in [-0.3, -0.25) is 10.1 Å². The van der Waals surface area contributed by atoms with E-state index in [1.54, 1.807) is 12.1 Å². The molecule has 0 aliphatic heterocycles. The Morgan fingerprint density at radius 3 is 2.67 bits per heavy atom. The van der Waals surface area contributed by atoms with Crippen LogP contribution in [0.4, 0.5) is 5.69 Å². The molecule has 62 valence electrons. The van der Waals surface area contributed by atoms with Crippen molar-refractivity contribution in [1.82, 2.24) is 0 Å². The standard InChI is InChI=1S/C8H6BrNO2/c1-2-6-7(9)4-3-5-8(6)10(11)12/h2-5H,1H2. The van der Waals surface area contributed by atoms with E-state index in [4.69, 9.17) is 0 Å². The van der Waals surface area contributed by atoms with E-state index in [0.717, 1.165) is 0 Å². The Bertz CT molecular complexity index is 336. The van der Waals surface area contributed by atoms with Crippen LogP contribution in [0.5, 0.6) is 0 Å². The molecule has 0 heterocycles. The first-order valence-electron chi connectivity index (χ1n) is 3.22. The van der Waals surface area contributed by atoms with Gasteiger partial charge in [0, 0.05) is 10.5 Å². The number of hydrogen-bond donors (Lipinski definition) is 0. The van der Waals surface area contributed by atoms with Gasteiger partial charge in [0.1, 0.15) is 0 Å². The summed E-state index contributed by atoms with van der Waals surface area (Å²) in [7, 11) is 0. The average Bonchev–Trinajstić information content (AvgIpc) is 2.03. The second-order valence-electron chi connectivity index (χ2n) is 2.13. The second-order valence-corrected chi connectivity index (χ2v) is 2.99. The molecule has 0 saturated carbocycles. The molecule has 0 bridgehead atoms. The number of nitro groups is 1. The van der Waals surface area contributed by atoms with E-state index in [-0.39, 0.29) is 5.69 Å². The van der Waals surface area contributed by atoms with Crippen LogP contribution < -0.4 is 0 Å². The highest BCUT2D eigenvalue weighted by Crippen LogP contribution is 2.26. The molecule has 0 aromatic heterocycles. The van der Waals surface area contributed by atoms with Crippen LogP contribution in [0, 0.1) is 10.1 Å². The Morgan fingerprint density at radius 1 is 1.58 bits per heavy atom. The van der Waals surface area contributed by atoms with Crippen molar-refractivity contribution in [3.8, 4) is 0 Å². The first-order valence-corrected chi connectivity index (χ1v) is 4.01. The fourth-order valence-corrected chi connectivity index (χ4v) is 1.40. The maximum Gasteiger partial charge on any atom is 0.277 e. The summed E-state index contributed by atoms with van der Waals surface area (Å²) in [5.74, 6) is 0. The third-order valence-electron chi connectivity index (χ3n) is 1.43. The zero-order valence-corrected chi connectivity index (χ0v) is 7.74. The summed E-state index contributed by atoms with van der Waals surface area (Å²) in [6, 6.07) is 4.81. The van der Waals surface area contributed by atoms with Crippen molar-refractivity contribution in [2.45, 2.75) is 0 Å². The van der Waals surface area contributed by atoms with Crippen LogP contribution in [0.2, 0.25) is 0 Å². The third-order valence-corrected chi connectivity index (χ3v) is 2.12. The highest BCUT2D eigenvalue weighted by Gasteiger charge is 2.12. The number of rotatable bonds is 2. The Kier molecular flexibility index (Phi) is 2.60. The maximum atomic E-state index is 10.5. The fraction of sp³-hybridized carbons (Fsp3) is 0. The number of halogens is 1. The van der Waals surface area contributed by atoms with Crippen LogP contribution in [0.3, 0.4) is 0 Å². The van der Waals surface area contributed by atoms with Gasteiger partial charge in [-0.05, 0) is 22.0 Å². The lowest BCUT2D eigenvalue weighted by molar-refractivity contribution is -0.385. The lowest BCUT2D eigenvalue weighted by Crippen LogP contribution is -1.91. The molecule has 0 amide bonds. The van der Waals surface area contributed by atoms with E-state index in [1.807, 2.05) is 0 Å². The van der Waals surface area contributed by atoms with Crippen LogP contribution >= 0.6 is 15.9 Å². The van der Waals surface area contributed by atoms with Crippen molar-refractivity contribution >= 4 is 27.7 Å². The fourth-order valence-electron chi connectivity index (χ4n) is 0.887. The van der Waals surface area contributed by atoms with Gasteiger partial charge in [-0.15, -0.1) is 0 Å². The molecule has 3 nitrogen and oxygen atoms in total. The van der Waals surface area contributed by atoms with E-state index in [0.29, 0.717) is 10.0 Å². The number of benzene rings is 1. The van der Waals surface area contributed by atoms with E-state index in [9.17, 15) is 10.1 Å². The number of hydrogen-bond acceptors (Lipinski definition) is 2. The zero-order chi connectivity index (χ0) is 9.14. The summed E-state index contributed by atoms with van der Waals surface area (Å²) in [6.45, 7) is 3.50. The summed E-state index contributed by atoms with van der Waals surface area (Å²) >= 11 is 3.20. The Balaban J connectivity index is 3.37. The van der Waals surface area contributed by atoms with Crippen LogP contribution in [0.15, 0.2) is 29.3 Å². The molecule has 0 saturated heterocycles. The normalized spacial score (nSPS) is 9.42. The molecule has 12 heavy (non-hydrogen) atoms. The predicted octanol–water partition coefficient (Wildman–Crippen LogP) is 3.00. The predicted molar refractivity (Wildman–Crippen MR) is 50.9 cm³/mol. The third kappa shape index (κ3) is 1.53. The van der Waals surface area contributed by atoms with Gasteiger partial charge in [0.05, 0.1) is 10.5 Å². The van der Waals surface area contributed by atoms with E-state index in [2.05, 4.69) is 22.5 Å². The maximum absolute atomic E-state index is 10.5. The zero-order valence-electron chi connectivity index (χ0n) is 6.16. The molecule has 0 aliphatic carbocycles. The van der Waals surface area contributed by atoms with E-state index < -0.39 is 4.92 Å². The van der Waals surface area contributed by atoms with Crippen molar-refractivity contribution in [3.63, 3.8) is 0 Å². The summed E-state index contributed by atoms with van der Waals surface area (Å²) in [5.41, 5.74) is 0.585. The van der Waals surface area contributed by atoms with Crippen LogP contribution in [-0.4, -0.2) is 4.92 Å². The summed E-state index contributed by atoms with van der Waals surface area (Å²) in [5, 5.41) is 10.5. The quantitative estimate of drug-likeness (QED) is 0.576. The van der Waals surface area contributed by atoms with Gasteiger partial charge in [-0.1, -0.05) is 18.7 Å². The van der Waals surface area contributed by atoms with Crippen LogP contribution in [-0.2, 0) is 0 Å². The van der Waals surface area contributed by atoms with Gasteiger partial charge in [0.25, 0.3) is 5.69 Å². The van der Waals surface area contributed by atoms with E-state index in [1.165, 1.54) is 12.1 Å². The van der Waals surface area contributed by atoms with Gasteiger partial charge >= 0.3 is 0 Å². The minimum Gasteiger partial charge on any atom is -0.258 e. The van der Waals surface area contributed by atoms with Crippen LogP contribution in [0.1, 0.15) is 5.56 Å². The molecule has 4 heteroatoms. The molecule has 0 fully saturated rings. The Hall–Kier alpha value is -1.16. The molecular weight excluding hydrogens is 222 g/mol. The molecule has 0 spiro atoms. The highest BCUT2D eigenvalue weighted by molar-refractivity contribution is 9.10. The first kappa shape index (κ1) is 8.93. The summed E-state index contributed by atoms with van der Waals surface area (Å²) in [6.07, 6.45) is 1.46. The second kappa shape index (κ2) is 3.49. The van der Waals surface area contributed by atoms with Crippen LogP contribution in [0.25, 0.3) is 6.08 Å². The van der Waals surface area contributed by atoms with Crippen molar-refractivity contribution in [1.29, 1.82) is 0 Å². The van der Waals surface area contributed by atoms with Crippen molar-refractivity contribution in [3.05, 3.63) is 44.9 Å². The van der Waals surface area contributed by atoms with Crippen molar-refractivity contribution < 1.29 is 4.92 Å². The monoisotopic (exact) mass is 227 g/mol. The smallest absolute Gasteiger partial charge is 0.258 e. The largest absolute Gasteiger partial charge is 0.277 e. The highest BCUT2D eigenvalue weighted by atomic mass is 79.9. The Labute approximate surface area is 78.0 Å². The minimum atomic E-state index is -0.429. The SMILES string of the molecule is C=Cc1c(Br)cccc1[N+](=O)[O-]. The summed E-state index contributed by atoms with van der Waals surface area (Å²) < 4.78 is 0.687. The number of nitro benzene ring substituents is 1. The molecule has 0 radical (unpaired) electrons. The lowest BCUT2D eigenvalue weighted by atomic mass is 10.2. The lowest BCUT2D eigenvalue weighted by Gasteiger charge is -1.98. The molecule has 1 aromatic carbocycles. The summed E-state index contributed by atoms with van der Waals surface area (Å²) in [4.78, 5) is 10.0. The van der Waals surface area contributed by atoms with Crippen molar-refractivity contribution in [2.75, 3.05) is 0 Å². The van der Waals surface area contributed by atoms with Gasteiger partial charge < -0.3 is 0 Å². The van der Waals surface area contributed by atoms with Gasteiger partial charge in [-0.25, -0.2) is 0 Å². The van der Waals surface area contributed by atoms with E-state index >= 15 is 0 Å². The minimum absolute atomic E-state index is 0.0689. The molecule has 0 N–H and O–H groups in total.